The molecule has 166 valence electrons. The van der Waals surface area contributed by atoms with Crippen molar-refractivity contribution in [3.8, 4) is 11.5 Å². The van der Waals surface area contributed by atoms with Gasteiger partial charge in [0.1, 0.15) is 0 Å². The molecular weight excluding hydrogens is 645 g/mol. The molecule has 0 aliphatic rings. The Balaban J connectivity index is -0.0000000383. The molecule has 2 rings (SSSR count). The summed E-state index contributed by atoms with van der Waals surface area (Å²) in [6.07, 6.45) is 0. The van der Waals surface area contributed by atoms with Crippen LogP contribution >= 0.6 is 0 Å². The van der Waals surface area contributed by atoms with Crippen molar-refractivity contribution in [1.82, 2.24) is 9.80 Å². The molecule has 0 unspecified atom stereocenters. The van der Waals surface area contributed by atoms with Gasteiger partial charge in [-0.05, 0) is 28.2 Å². The van der Waals surface area contributed by atoms with Crippen LogP contribution in [0.1, 0.15) is 0 Å². The molecule has 0 spiro atoms. The number of rotatable bonds is 5. The van der Waals surface area contributed by atoms with Crippen molar-refractivity contribution in [3.05, 3.63) is 60.7 Å². The molecule has 0 aliphatic heterocycles. The fourth-order valence-electron chi connectivity index (χ4n) is 1.41. The molecule has 0 atom stereocenters. The molecule has 0 saturated carbocycles. The number of nitrogens with zero attached hydrogens (tertiary/aromatic N) is 2. The van der Waals surface area contributed by atoms with Gasteiger partial charge in [0.25, 0.3) is 0 Å². The quantitative estimate of drug-likeness (QED) is 0.233. The molecule has 11 heteroatoms. The molecule has 2 aromatic carbocycles. The zero-order valence-corrected chi connectivity index (χ0v) is 29.9. The SMILES string of the molecule is CN(C)CCN(C)C.COc1[c-]cccc1.COc1[c-]cccc1.[Br-].[Br-].[Cl-].[Cl-].[Mg+2].[Mg+2].[Zn+2]. The minimum Gasteiger partial charge on any atom is -1.00 e. The summed E-state index contributed by atoms with van der Waals surface area (Å²) in [5.74, 6) is 1.57. The average Bonchev–Trinajstić information content (AvgIpc) is 2.62. The van der Waals surface area contributed by atoms with Crippen LogP contribution < -0.4 is 68.3 Å². The Bertz CT molecular complexity index is 478. The third-order valence-corrected chi connectivity index (χ3v) is 2.80. The summed E-state index contributed by atoms with van der Waals surface area (Å²) in [4.78, 5) is 4.36. The van der Waals surface area contributed by atoms with Crippen LogP contribution in [0.2, 0.25) is 0 Å². The summed E-state index contributed by atoms with van der Waals surface area (Å²) in [7, 11) is 11.6. The predicted octanol–water partition coefficient (Wildman–Crippen LogP) is -9.65. The number of hydrogen-bond donors (Lipinski definition) is 0. The summed E-state index contributed by atoms with van der Waals surface area (Å²) in [5.41, 5.74) is 0. The van der Waals surface area contributed by atoms with Crippen LogP contribution in [-0.2, 0) is 19.5 Å². The van der Waals surface area contributed by atoms with Crippen molar-refractivity contribution >= 4 is 46.1 Å². The van der Waals surface area contributed by atoms with E-state index in [0.717, 1.165) is 24.6 Å². The van der Waals surface area contributed by atoms with Crippen LogP contribution in [0.3, 0.4) is 0 Å². The number of para-hydroxylation sites is 2. The molecule has 0 saturated heterocycles. The number of methoxy groups -OCH3 is 2. The van der Waals surface area contributed by atoms with E-state index in [1.54, 1.807) is 14.2 Å². The maximum atomic E-state index is 4.86. The van der Waals surface area contributed by atoms with Gasteiger partial charge in [0.05, 0.1) is 14.2 Å². The molecule has 0 heterocycles. The summed E-state index contributed by atoms with van der Waals surface area (Å²) in [6.45, 7) is 2.29. The summed E-state index contributed by atoms with van der Waals surface area (Å²) >= 11 is 0. The number of halogens is 4. The van der Waals surface area contributed by atoms with E-state index in [-0.39, 0.29) is 124 Å². The van der Waals surface area contributed by atoms with Gasteiger partial charge in [-0.25, -0.2) is 0 Å². The molecule has 0 aliphatic carbocycles. The molecule has 0 bridgehead atoms. The van der Waals surface area contributed by atoms with E-state index in [9.17, 15) is 0 Å². The molecule has 0 aromatic heterocycles. The van der Waals surface area contributed by atoms with Crippen LogP contribution in [0.4, 0.5) is 0 Å². The Hall–Kier alpha value is 1.66. The Labute approximate surface area is 268 Å². The number of likely N-dealkylation sites (N-methyl/N-ethyl adjacent to an activating group) is 2. The maximum Gasteiger partial charge on any atom is 2.00 e. The molecule has 31 heavy (non-hydrogen) atoms. The predicted molar refractivity (Wildman–Crippen MR) is 112 cm³/mol. The zero-order valence-electron chi connectivity index (χ0n) is 19.4. The van der Waals surface area contributed by atoms with Gasteiger partial charge in [0.2, 0.25) is 0 Å². The Morgan fingerprint density at radius 2 is 0.968 bits per heavy atom. The zero-order chi connectivity index (χ0) is 18.2. The normalized spacial score (nSPS) is 7.35. The van der Waals surface area contributed by atoms with Crippen molar-refractivity contribution in [2.45, 2.75) is 0 Å². The van der Waals surface area contributed by atoms with E-state index < -0.39 is 0 Å². The largest absolute Gasteiger partial charge is 2.00 e. The van der Waals surface area contributed by atoms with Gasteiger partial charge in [-0.2, -0.15) is 36.4 Å². The number of hydrogen-bond acceptors (Lipinski definition) is 4. The van der Waals surface area contributed by atoms with Gasteiger partial charge in [-0.15, -0.1) is 24.3 Å². The fourth-order valence-corrected chi connectivity index (χ4v) is 1.41. The molecular formula is C20H30Br2Cl2Mg2N2O2Zn. The second-order valence-electron chi connectivity index (χ2n) is 5.47. The molecule has 0 amide bonds. The molecule has 0 N–H and O–H groups in total. The van der Waals surface area contributed by atoms with E-state index in [1.165, 1.54) is 0 Å². The van der Waals surface area contributed by atoms with Gasteiger partial charge < -0.3 is 78.1 Å². The van der Waals surface area contributed by atoms with Crippen molar-refractivity contribution in [3.63, 3.8) is 0 Å². The summed E-state index contributed by atoms with van der Waals surface area (Å²) in [5, 5.41) is 0. The summed E-state index contributed by atoms with van der Waals surface area (Å²) in [6, 6.07) is 20.8. The first-order valence-electron chi connectivity index (χ1n) is 7.80. The first-order chi connectivity index (χ1) is 11.5. The van der Waals surface area contributed by atoms with E-state index in [0.29, 0.717) is 0 Å². The monoisotopic (exact) mass is 670 g/mol. The second kappa shape index (κ2) is 38.9. The van der Waals surface area contributed by atoms with E-state index in [2.05, 4.69) is 50.1 Å². The van der Waals surface area contributed by atoms with Gasteiger partial charge in [0.15, 0.2) is 0 Å². The average molecular weight is 675 g/mol. The van der Waals surface area contributed by atoms with Crippen LogP contribution in [0.5, 0.6) is 11.5 Å². The topological polar surface area (TPSA) is 24.9 Å². The standard InChI is InChI=1S/2C7H7O.C6H16N2.2BrH.2ClH.2Mg.Zn/c2*1-8-7-5-3-2-4-6-7;1-7(2)5-6-8(3)4;;;;;;;/h2*2-5H,1H3;5-6H2,1-4H3;4*1H;;;/q2*-1;;;;;;3*+2/p-4. The van der Waals surface area contributed by atoms with Crippen molar-refractivity contribution in [1.29, 1.82) is 0 Å². The fraction of sp³-hybridized carbons (Fsp3) is 0.400. The van der Waals surface area contributed by atoms with Gasteiger partial charge in [0, 0.05) is 24.6 Å². The van der Waals surface area contributed by atoms with E-state index in [1.807, 2.05) is 48.5 Å². The minimum atomic E-state index is 0. The van der Waals surface area contributed by atoms with E-state index in [4.69, 9.17) is 9.47 Å². The van der Waals surface area contributed by atoms with Crippen molar-refractivity contribution in [2.75, 3.05) is 55.5 Å². The third-order valence-electron chi connectivity index (χ3n) is 2.80. The van der Waals surface area contributed by atoms with Crippen molar-refractivity contribution in [2.24, 2.45) is 0 Å². The maximum absolute atomic E-state index is 4.86. The summed E-state index contributed by atoms with van der Waals surface area (Å²) < 4.78 is 9.72. The molecule has 0 fully saturated rings. The number of ether oxygens (including phenoxy) is 2. The first kappa shape index (κ1) is 53.8. The van der Waals surface area contributed by atoms with E-state index >= 15 is 0 Å². The van der Waals surface area contributed by atoms with Crippen LogP contribution in [0, 0.1) is 12.1 Å². The number of benzene rings is 2. The Morgan fingerprint density at radius 1 is 0.677 bits per heavy atom. The third kappa shape index (κ3) is 39.2. The second-order valence-corrected chi connectivity index (χ2v) is 5.47. The van der Waals surface area contributed by atoms with Crippen LogP contribution in [0.15, 0.2) is 48.5 Å². The van der Waals surface area contributed by atoms with Gasteiger partial charge in [-0.1, -0.05) is 0 Å². The minimum absolute atomic E-state index is 0. The van der Waals surface area contributed by atoms with Gasteiger partial charge in [-0.3, -0.25) is 0 Å². The Morgan fingerprint density at radius 3 is 1.10 bits per heavy atom. The molecule has 2 aromatic rings. The van der Waals surface area contributed by atoms with Crippen molar-refractivity contribution < 1.29 is 87.7 Å². The molecule has 4 nitrogen and oxygen atoms in total. The smallest absolute Gasteiger partial charge is 1.00 e. The first-order valence-corrected chi connectivity index (χ1v) is 7.80. The Kier molecular flexibility index (Phi) is 67.5. The van der Waals surface area contributed by atoms with Gasteiger partial charge >= 0.3 is 65.6 Å². The van der Waals surface area contributed by atoms with Crippen LogP contribution in [0.25, 0.3) is 0 Å². The van der Waals surface area contributed by atoms with Crippen LogP contribution in [-0.4, -0.2) is 111 Å². The molecule has 0 radical (unpaired) electrons.